The van der Waals surface area contributed by atoms with Crippen LogP contribution in [0.25, 0.3) is 11.0 Å². The average molecular weight is 398 g/mol. The van der Waals surface area contributed by atoms with Crippen molar-refractivity contribution in [3.63, 3.8) is 0 Å². The Balaban J connectivity index is 1.94. The van der Waals surface area contributed by atoms with Gasteiger partial charge in [-0.05, 0) is 23.8 Å². The number of para-hydroxylation sites is 1. The lowest BCUT2D eigenvalue weighted by molar-refractivity contribution is -0.127. The second-order valence-corrected chi connectivity index (χ2v) is 6.07. The summed E-state index contributed by atoms with van der Waals surface area (Å²) in [6.45, 7) is 0. The molecule has 124 valence electrons. The van der Waals surface area contributed by atoms with Crippen LogP contribution in [0, 0.1) is 0 Å². The van der Waals surface area contributed by atoms with Crippen LogP contribution in [0.4, 0.5) is 18.9 Å². The summed E-state index contributed by atoms with van der Waals surface area (Å²) in [7, 11) is 0. The number of hydrogen-bond donors (Lipinski definition) is 2. The molecule has 0 atom stereocenters. The number of aromatic amines is 1. The van der Waals surface area contributed by atoms with Crippen LogP contribution in [0.15, 0.2) is 47.2 Å². The highest BCUT2D eigenvalue weighted by Gasteiger charge is 2.29. The molecule has 0 unspecified atom stereocenters. The molecule has 8 heteroatoms. The van der Waals surface area contributed by atoms with Crippen molar-refractivity contribution in [1.82, 2.24) is 9.97 Å². The Morgan fingerprint density at radius 1 is 1.25 bits per heavy atom. The van der Waals surface area contributed by atoms with E-state index in [0.29, 0.717) is 15.5 Å². The molecule has 2 N–H and O–H groups in total. The van der Waals surface area contributed by atoms with Gasteiger partial charge >= 0.3 is 6.18 Å². The summed E-state index contributed by atoms with van der Waals surface area (Å²) in [4.78, 5) is 19.5. The number of imidazole rings is 1. The number of carbonyl (C=O) groups is 1. The molecule has 0 spiro atoms. The van der Waals surface area contributed by atoms with Gasteiger partial charge in [0.15, 0.2) is 0 Å². The van der Waals surface area contributed by atoms with E-state index in [0.717, 1.165) is 0 Å². The van der Waals surface area contributed by atoms with Gasteiger partial charge in [0.25, 0.3) is 5.91 Å². The molecule has 0 bridgehead atoms. The molecule has 0 saturated heterocycles. The summed E-state index contributed by atoms with van der Waals surface area (Å²) in [6.07, 6.45) is -4.02. The molecule has 1 aromatic heterocycles. The van der Waals surface area contributed by atoms with E-state index in [2.05, 4.69) is 31.2 Å². The molecule has 0 saturated carbocycles. The first-order chi connectivity index (χ1) is 11.3. The highest BCUT2D eigenvalue weighted by atomic mass is 79.9. The van der Waals surface area contributed by atoms with Gasteiger partial charge in [-0.25, -0.2) is 4.98 Å². The Hall–Kier alpha value is -2.35. The number of benzene rings is 2. The molecule has 0 fully saturated rings. The van der Waals surface area contributed by atoms with Gasteiger partial charge in [0.05, 0.1) is 23.8 Å². The summed E-state index contributed by atoms with van der Waals surface area (Å²) >= 11 is 3.30. The zero-order chi connectivity index (χ0) is 17.3. The molecule has 2 aromatic carbocycles. The summed E-state index contributed by atoms with van der Waals surface area (Å²) in [5.41, 5.74) is 1.50. The lowest BCUT2D eigenvalue weighted by Gasteiger charge is -2.13. The van der Waals surface area contributed by atoms with Crippen LogP contribution in [-0.4, -0.2) is 22.1 Å². The van der Waals surface area contributed by atoms with Crippen LogP contribution in [0.2, 0.25) is 0 Å². The van der Waals surface area contributed by atoms with Crippen molar-refractivity contribution in [2.75, 3.05) is 5.32 Å². The van der Waals surface area contributed by atoms with E-state index in [9.17, 15) is 18.0 Å². The molecular formula is C16H11BrF3N3O. The minimum atomic E-state index is -4.36. The van der Waals surface area contributed by atoms with Crippen LogP contribution >= 0.6 is 15.9 Å². The van der Waals surface area contributed by atoms with Gasteiger partial charge in [0.1, 0.15) is 5.52 Å². The Bertz CT molecular complexity index is 905. The predicted molar refractivity (Wildman–Crippen MR) is 87.9 cm³/mol. The number of amides is 1. The van der Waals surface area contributed by atoms with E-state index >= 15 is 0 Å². The Kier molecular flexibility index (Phi) is 4.31. The number of fused-ring (bicyclic) bond motifs is 1. The average Bonchev–Trinajstić information content (AvgIpc) is 2.95. The minimum Gasteiger partial charge on any atom is -0.345 e. The van der Waals surface area contributed by atoms with E-state index in [1.807, 2.05) is 0 Å². The largest absolute Gasteiger partial charge is 0.393 e. The Morgan fingerprint density at radius 3 is 2.75 bits per heavy atom. The van der Waals surface area contributed by atoms with E-state index in [1.54, 1.807) is 18.2 Å². The zero-order valence-corrected chi connectivity index (χ0v) is 13.7. The first-order valence-corrected chi connectivity index (χ1v) is 7.71. The normalized spacial score (nSPS) is 11.7. The number of H-pyrrole nitrogens is 1. The smallest absolute Gasteiger partial charge is 0.345 e. The van der Waals surface area contributed by atoms with E-state index in [1.165, 1.54) is 24.5 Å². The fraction of sp³-hybridized carbons (Fsp3) is 0.125. The van der Waals surface area contributed by atoms with Gasteiger partial charge in [-0.3, -0.25) is 4.79 Å². The van der Waals surface area contributed by atoms with Crippen LogP contribution in [-0.2, 0) is 6.42 Å². The molecular weight excluding hydrogens is 387 g/mol. The summed E-state index contributed by atoms with van der Waals surface area (Å²) in [5.74, 6) is -0.525. The molecule has 0 aliphatic rings. The molecule has 1 amide bonds. The van der Waals surface area contributed by atoms with Crippen LogP contribution in [0.3, 0.4) is 0 Å². The molecule has 4 nitrogen and oxygen atoms in total. The van der Waals surface area contributed by atoms with Gasteiger partial charge in [0.2, 0.25) is 0 Å². The lowest BCUT2D eigenvalue weighted by Crippen LogP contribution is -2.17. The van der Waals surface area contributed by atoms with Crippen LogP contribution < -0.4 is 5.32 Å². The second kappa shape index (κ2) is 6.27. The van der Waals surface area contributed by atoms with Crippen molar-refractivity contribution >= 4 is 38.6 Å². The molecule has 0 radical (unpaired) electrons. The maximum atomic E-state index is 12.7. The van der Waals surface area contributed by atoms with Crippen LogP contribution in [0.5, 0.6) is 0 Å². The summed E-state index contributed by atoms with van der Waals surface area (Å²) < 4.78 is 38.7. The SMILES string of the molecule is O=C(Nc1ccccc1CC(F)(F)F)c1cc(Br)cc2[nH]cnc12. The fourth-order valence-corrected chi connectivity index (χ4v) is 2.85. The van der Waals surface area contributed by atoms with Gasteiger partial charge in [-0.2, -0.15) is 13.2 Å². The highest BCUT2D eigenvalue weighted by Crippen LogP contribution is 2.27. The molecule has 1 heterocycles. The lowest BCUT2D eigenvalue weighted by atomic mass is 10.1. The van der Waals surface area contributed by atoms with E-state index < -0.39 is 18.5 Å². The van der Waals surface area contributed by atoms with Crippen molar-refractivity contribution in [2.45, 2.75) is 12.6 Å². The van der Waals surface area contributed by atoms with E-state index in [-0.39, 0.29) is 16.8 Å². The quantitative estimate of drug-likeness (QED) is 0.673. The van der Waals surface area contributed by atoms with Gasteiger partial charge in [-0.1, -0.05) is 34.1 Å². The number of aromatic nitrogens is 2. The Labute approximate surface area is 143 Å². The number of alkyl halides is 3. The first-order valence-electron chi connectivity index (χ1n) is 6.92. The van der Waals surface area contributed by atoms with Crippen molar-refractivity contribution in [1.29, 1.82) is 0 Å². The number of rotatable bonds is 3. The maximum absolute atomic E-state index is 12.7. The van der Waals surface area contributed by atoms with E-state index in [4.69, 9.17) is 0 Å². The number of hydrogen-bond acceptors (Lipinski definition) is 2. The fourth-order valence-electron chi connectivity index (χ4n) is 2.39. The van der Waals surface area contributed by atoms with Gasteiger partial charge < -0.3 is 10.3 Å². The molecule has 3 rings (SSSR count). The number of nitrogens with zero attached hydrogens (tertiary/aromatic N) is 1. The third kappa shape index (κ3) is 3.59. The monoisotopic (exact) mass is 397 g/mol. The Morgan fingerprint density at radius 2 is 2.00 bits per heavy atom. The molecule has 3 aromatic rings. The zero-order valence-electron chi connectivity index (χ0n) is 12.1. The van der Waals surface area contributed by atoms with Crippen molar-refractivity contribution in [3.8, 4) is 0 Å². The maximum Gasteiger partial charge on any atom is 0.393 e. The number of nitrogens with one attached hydrogen (secondary N) is 2. The topological polar surface area (TPSA) is 57.8 Å². The molecule has 0 aliphatic heterocycles. The number of anilines is 1. The van der Waals surface area contributed by atoms with Crippen molar-refractivity contribution in [2.24, 2.45) is 0 Å². The first kappa shape index (κ1) is 16.5. The third-order valence-electron chi connectivity index (χ3n) is 3.39. The van der Waals surface area contributed by atoms with Crippen LogP contribution in [0.1, 0.15) is 15.9 Å². The van der Waals surface area contributed by atoms with Gasteiger partial charge in [-0.15, -0.1) is 0 Å². The predicted octanol–water partition coefficient (Wildman–Crippen LogP) is 4.68. The molecule has 0 aliphatic carbocycles. The van der Waals surface area contributed by atoms with Crippen molar-refractivity contribution in [3.05, 3.63) is 58.3 Å². The summed E-state index contributed by atoms with van der Waals surface area (Å²) in [6, 6.07) is 9.19. The highest BCUT2D eigenvalue weighted by molar-refractivity contribution is 9.10. The standard InChI is InChI=1S/C16H11BrF3N3O/c17-10-5-11(14-13(6-10)21-8-22-14)15(24)23-12-4-2-1-3-9(12)7-16(18,19)20/h1-6,8H,7H2,(H,21,22)(H,23,24). The molecule has 24 heavy (non-hydrogen) atoms. The second-order valence-electron chi connectivity index (χ2n) is 5.16. The number of halogens is 4. The third-order valence-corrected chi connectivity index (χ3v) is 3.85. The van der Waals surface area contributed by atoms with Gasteiger partial charge in [0, 0.05) is 10.2 Å². The summed E-state index contributed by atoms with van der Waals surface area (Å²) in [5, 5.41) is 2.54. The van der Waals surface area contributed by atoms with Crippen molar-refractivity contribution < 1.29 is 18.0 Å². The number of carbonyl (C=O) groups excluding carboxylic acids is 1. The minimum absolute atomic E-state index is 0.00613.